The number of hydrogen-bond acceptors (Lipinski definition) is 4. The summed E-state index contributed by atoms with van der Waals surface area (Å²) >= 11 is 4.01. The van der Waals surface area contributed by atoms with Crippen LogP contribution in [0.5, 0.6) is 0 Å². The summed E-state index contributed by atoms with van der Waals surface area (Å²) in [5, 5.41) is 3.20. The van der Waals surface area contributed by atoms with E-state index in [0.717, 1.165) is 31.6 Å². The third-order valence-electron chi connectivity index (χ3n) is 1.66. The molecule has 0 rings (SSSR count). The van der Waals surface area contributed by atoms with Crippen molar-refractivity contribution >= 4 is 22.5 Å². The Labute approximate surface area is 91.0 Å². The Kier molecular flexibility index (Phi) is 11.2. The van der Waals surface area contributed by atoms with Crippen molar-refractivity contribution in [3.05, 3.63) is 0 Å². The van der Waals surface area contributed by atoms with E-state index in [1.54, 1.807) is 0 Å². The molecule has 2 nitrogen and oxygen atoms in total. The molecule has 0 aliphatic rings. The van der Waals surface area contributed by atoms with Crippen LogP contribution in [0.1, 0.15) is 26.7 Å². The fourth-order valence-corrected chi connectivity index (χ4v) is 1.47. The van der Waals surface area contributed by atoms with E-state index >= 15 is 0 Å². The minimum atomic E-state index is 0.794. The molecule has 0 aliphatic carbocycles. The van der Waals surface area contributed by atoms with Crippen LogP contribution in [-0.2, 0) is 4.74 Å². The van der Waals surface area contributed by atoms with Gasteiger partial charge in [0.2, 0.25) is 0 Å². The van der Waals surface area contributed by atoms with Crippen molar-refractivity contribution in [1.29, 1.82) is 0 Å². The Balaban J connectivity index is 2.84. The largest absolute Gasteiger partial charge is 0.380 e. The van der Waals surface area contributed by atoms with Crippen LogP contribution in [0.3, 0.4) is 0 Å². The topological polar surface area (TPSA) is 21.3 Å². The molecular formula is C9H21NOS2. The van der Waals surface area contributed by atoms with Crippen LogP contribution in [0.4, 0.5) is 0 Å². The molecule has 0 atom stereocenters. The van der Waals surface area contributed by atoms with Gasteiger partial charge in [0.1, 0.15) is 0 Å². The maximum Gasteiger partial charge on any atom is 0.0591 e. The van der Waals surface area contributed by atoms with E-state index in [-0.39, 0.29) is 0 Å². The van der Waals surface area contributed by atoms with Gasteiger partial charge in [0.25, 0.3) is 0 Å². The van der Waals surface area contributed by atoms with Crippen molar-refractivity contribution in [1.82, 2.24) is 5.32 Å². The molecule has 0 aromatic heterocycles. The first-order valence-electron chi connectivity index (χ1n) is 4.82. The minimum absolute atomic E-state index is 0.794. The first kappa shape index (κ1) is 13.6. The molecule has 0 amide bonds. The monoisotopic (exact) mass is 223 g/mol. The van der Waals surface area contributed by atoms with Gasteiger partial charge in [-0.05, 0) is 18.8 Å². The molecular weight excluding hydrogens is 202 g/mol. The summed E-state index contributed by atoms with van der Waals surface area (Å²) in [6.07, 6.45) is 2.44. The summed E-state index contributed by atoms with van der Waals surface area (Å²) in [7, 11) is 1.50. The molecule has 4 heteroatoms. The quantitative estimate of drug-likeness (QED) is 0.271. The maximum absolute atomic E-state index is 5.43. The third kappa shape index (κ3) is 12.6. The number of hydrogen-bond donors (Lipinski definition) is 2. The first-order chi connectivity index (χ1) is 6.27. The molecule has 0 bridgehead atoms. The van der Waals surface area contributed by atoms with Gasteiger partial charge in [0, 0.05) is 13.2 Å². The summed E-state index contributed by atoms with van der Waals surface area (Å²) in [6, 6.07) is 0. The van der Waals surface area contributed by atoms with E-state index in [0.29, 0.717) is 0 Å². The van der Waals surface area contributed by atoms with Crippen molar-refractivity contribution in [2.75, 3.05) is 25.6 Å². The SMILES string of the molecule is CC(C)CCCOCCNCSS. The number of ether oxygens (including phenoxy) is 1. The van der Waals surface area contributed by atoms with Crippen molar-refractivity contribution < 1.29 is 4.74 Å². The maximum atomic E-state index is 5.43. The number of nitrogens with one attached hydrogen (secondary N) is 1. The lowest BCUT2D eigenvalue weighted by molar-refractivity contribution is 0.130. The second-order valence-electron chi connectivity index (χ2n) is 3.42. The van der Waals surface area contributed by atoms with Gasteiger partial charge in [-0.2, -0.15) is 0 Å². The van der Waals surface area contributed by atoms with Gasteiger partial charge in [-0.15, -0.1) is 11.7 Å². The number of rotatable bonds is 9. The number of thiol groups is 1. The Morgan fingerprint density at radius 1 is 1.38 bits per heavy atom. The highest BCUT2D eigenvalue weighted by Gasteiger charge is 1.93. The van der Waals surface area contributed by atoms with Crippen LogP contribution >= 0.6 is 22.5 Å². The van der Waals surface area contributed by atoms with E-state index in [2.05, 4.69) is 30.8 Å². The predicted octanol–water partition coefficient (Wildman–Crippen LogP) is 2.56. The summed E-state index contributed by atoms with van der Waals surface area (Å²) in [5.74, 6) is 1.68. The Morgan fingerprint density at radius 2 is 2.15 bits per heavy atom. The normalized spacial score (nSPS) is 11.1. The van der Waals surface area contributed by atoms with Crippen LogP contribution in [0.15, 0.2) is 0 Å². The van der Waals surface area contributed by atoms with Crippen LogP contribution in [-0.4, -0.2) is 25.6 Å². The van der Waals surface area contributed by atoms with Gasteiger partial charge in [-0.3, -0.25) is 0 Å². The lowest BCUT2D eigenvalue weighted by Crippen LogP contribution is -2.18. The van der Waals surface area contributed by atoms with Gasteiger partial charge < -0.3 is 10.1 Å². The lowest BCUT2D eigenvalue weighted by atomic mass is 10.1. The molecule has 0 unspecified atom stereocenters. The fourth-order valence-electron chi connectivity index (χ4n) is 0.958. The molecule has 0 saturated carbocycles. The van der Waals surface area contributed by atoms with Gasteiger partial charge in [0.15, 0.2) is 0 Å². The highest BCUT2D eigenvalue weighted by Crippen LogP contribution is 2.03. The van der Waals surface area contributed by atoms with Gasteiger partial charge in [-0.1, -0.05) is 24.6 Å². The van der Waals surface area contributed by atoms with Gasteiger partial charge in [0.05, 0.1) is 12.5 Å². The van der Waals surface area contributed by atoms with E-state index in [1.165, 1.54) is 23.6 Å². The second kappa shape index (κ2) is 10.7. The smallest absolute Gasteiger partial charge is 0.0591 e. The van der Waals surface area contributed by atoms with Crippen LogP contribution in [0, 0.1) is 5.92 Å². The third-order valence-corrected chi connectivity index (χ3v) is 2.38. The molecule has 0 aliphatic heterocycles. The zero-order chi connectivity index (χ0) is 9.94. The van der Waals surface area contributed by atoms with Crippen LogP contribution < -0.4 is 5.32 Å². The Morgan fingerprint density at radius 3 is 2.77 bits per heavy atom. The molecule has 13 heavy (non-hydrogen) atoms. The summed E-state index contributed by atoms with van der Waals surface area (Å²) < 4.78 is 5.43. The fraction of sp³-hybridized carbons (Fsp3) is 1.00. The van der Waals surface area contributed by atoms with Crippen molar-refractivity contribution in [3.8, 4) is 0 Å². The van der Waals surface area contributed by atoms with Crippen molar-refractivity contribution in [2.24, 2.45) is 5.92 Å². The summed E-state index contributed by atoms with van der Waals surface area (Å²) in [5.41, 5.74) is 0. The molecule has 0 spiro atoms. The second-order valence-corrected chi connectivity index (χ2v) is 4.74. The molecule has 0 aromatic rings. The van der Waals surface area contributed by atoms with E-state index in [4.69, 9.17) is 4.74 Å². The standard InChI is InChI=1S/C9H21NOS2/c1-9(2)4-3-6-11-7-5-10-8-13-12/h9-10,12H,3-8H2,1-2H3. The molecule has 0 radical (unpaired) electrons. The molecule has 0 aromatic carbocycles. The zero-order valence-electron chi connectivity index (χ0n) is 8.58. The zero-order valence-corrected chi connectivity index (χ0v) is 10.3. The van der Waals surface area contributed by atoms with Crippen molar-refractivity contribution in [3.63, 3.8) is 0 Å². The van der Waals surface area contributed by atoms with Crippen molar-refractivity contribution in [2.45, 2.75) is 26.7 Å². The van der Waals surface area contributed by atoms with Crippen LogP contribution in [0.2, 0.25) is 0 Å². The average molecular weight is 223 g/mol. The molecule has 1 N–H and O–H groups in total. The van der Waals surface area contributed by atoms with E-state index in [9.17, 15) is 0 Å². The molecule has 0 fully saturated rings. The predicted molar refractivity (Wildman–Crippen MR) is 64.3 cm³/mol. The molecule has 0 heterocycles. The van der Waals surface area contributed by atoms with Gasteiger partial charge in [-0.25, -0.2) is 0 Å². The summed E-state index contributed by atoms with van der Waals surface area (Å²) in [4.78, 5) is 0. The average Bonchev–Trinajstić information content (AvgIpc) is 2.09. The summed E-state index contributed by atoms with van der Waals surface area (Å²) in [6.45, 7) is 7.12. The molecule has 0 saturated heterocycles. The van der Waals surface area contributed by atoms with E-state index < -0.39 is 0 Å². The van der Waals surface area contributed by atoms with E-state index in [1.807, 2.05) is 0 Å². The Bertz CT molecular complexity index is 102. The Hall–Kier alpha value is 0.620. The molecule has 80 valence electrons. The first-order valence-corrected chi connectivity index (χ1v) is 6.86. The van der Waals surface area contributed by atoms with Gasteiger partial charge >= 0.3 is 0 Å². The minimum Gasteiger partial charge on any atom is -0.380 e. The van der Waals surface area contributed by atoms with Crippen LogP contribution in [0.25, 0.3) is 0 Å². The highest BCUT2D eigenvalue weighted by molar-refractivity contribution is 8.68. The lowest BCUT2D eigenvalue weighted by Gasteiger charge is -2.06. The highest BCUT2D eigenvalue weighted by atomic mass is 33.1.